The number of halogens is 2. The summed E-state index contributed by atoms with van der Waals surface area (Å²) in [7, 11) is 3.47. The molecule has 6 nitrogen and oxygen atoms in total. The molecule has 0 atom stereocenters. The molecule has 2 aromatic carbocycles. The molecule has 0 aromatic heterocycles. The van der Waals surface area contributed by atoms with Crippen LogP contribution >= 0.6 is 23.2 Å². The van der Waals surface area contributed by atoms with Gasteiger partial charge in [0.2, 0.25) is 0 Å². The Hall–Kier alpha value is -2.28. The van der Waals surface area contributed by atoms with E-state index in [2.05, 4.69) is 10.2 Å². The molecule has 1 aliphatic rings. The van der Waals surface area contributed by atoms with Crippen molar-refractivity contribution in [2.45, 2.75) is 0 Å². The van der Waals surface area contributed by atoms with Gasteiger partial charge in [-0.1, -0.05) is 23.2 Å². The summed E-state index contributed by atoms with van der Waals surface area (Å²) in [6.07, 6.45) is 0. The predicted octanol–water partition coefficient (Wildman–Crippen LogP) is 3.64. The first-order chi connectivity index (χ1) is 13.4. The Kier molecular flexibility index (Phi) is 6.44. The van der Waals surface area contributed by atoms with E-state index < -0.39 is 5.91 Å². The lowest BCUT2D eigenvalue weighted by atomic mass is 10.1. The maximum Gasteiger partial charge on any atom is 0.261 e. The van der Waals surface area contributed by atoms with Gasteiger partial charge in [0.15, 0.2) is 5.75 Å². The number of hydrogen-bond donors (Lipinski definition) is 1. The Morgan fingerprint density at radius 1 is 0.964 bits per heavy atom. The topological polar surface area (TPSA) is 61.9 Å². The minimum Gasteiger partial charge on any atom is -0.494 e. The van der Waals surface area contributed by atoms with Crippen LogP contribution in [-0.2, 0) is 0 Å². The number of rotatable bonds is 4. The van der Waals surface area contributed by atoms with E-state index in [1.807, 2.05) is 11.9 Å². The Morgan fingerprint density at radius 3 is 2.18 bits per heavy atom. The first kappa shape index (κ1) is 20.5. The number of nitrogens with zero attached hydrogens (tertiary/aromatic N) is 2. The van der Waals surface area contributed by atoms with Gasteiger partial charge in [-0.2, -0.15) is 0 Å². The third-order valence-electron chi connectivity index (χ3n) is 4.67. The Balaban J connectivity index is 1.72. The number of hydrogen-bond acceptors (Lipinski definition) is 4. The summed E-state index contributed by atoms with van der Waals surface area (Å²) in [5, 5.41) is 3.29. The maximum atomic E-state index is 12.6. The number of piperazine rings is 1. The zero-order chi connectivity index (χ0) is 20.3. The van der Waals surface area contributed by atoms with Crippen molar-refractivity contribution in [1.82, 2.24) is 9.80 Å². The molecule has 2 aromatic rings. The van der Waals surface area contributed by atoms with Gasteiger partial charge in [-0.15, -0.1) is 0 Å². The Bertz CT molecular complexity index is 879. The second kappa shape index (κ2) is 8.82. The zero-order valence-electron chi connectivity index (χ0n) is 15.7. The van der Waals surface area contributed by atoms with Crippen molar-refractivity contribution in [3.05, 3.63) is 57.6 Å². The number of ether oxygens (including phenoxy) is 1. The molecule has 148 valence electrons. The minimum absolute atomic E-state index is 0.00877. The first-order valence-electron chi connectivity index (χ1n) is 8.82. The van der Waals surface area contributed by atoms with Crippen molar-refractivity contribution in [2.75, 3.05) is 45.7 Å². The summed E-state index contributed by atoms with van der Waals surface area (Å²) >= 11 is 12.2. The van der Waals surface area contributed by atoms with E-state index in [0.717, 1.165) is 13.1 Å². The molecular weight excluding hydrogens is 401 g/mol. The molecular formula is C20H21Cl2N3O3. The van der Waals surface area contributed by atoms with Gasteiger partial charge >= 0.3 is 0 Å². The fourth-order valence-electron chi connectivity index (χ4n) is 3.03. The van der Waals surface area contributed by atoms with Crippen LogP contribution in [0.15, 0.2) is 36.4 Å². The summed E-state index contributed by atoms with van der Waals surface area (Å²) in [5.41, 5.74) is 1.29. The number of carbonyl (C=O) groups excluding carboxylic acids is 2. The lowest BCUT2D eigenvalue weighted by molar-refractivity contribution is 0.0664. The molecule has 0 unspecified atom stereocenters. The molecule has 0 saturated carbocycles. The lowest BCUT2D eigenvalue weighted by Crippen LogP contribution is -2.47. The van der Waals surface area contributed by atoms with Gasteiger partial charge in [0.1, 0.15) is 5.56 Å². The number of carbonyl (C=O) groups is 2. The second-order valence-electron chi connectivity index (χ2n) is 6.56. The van der Waals surface area contributed by atoms with Crippen molar-refractivity contribution in [3.63, 3.8) is 0 Å². The molecule has 1 heterocycles. The van der Waals surface area contributed by atoms with Gasteiger partial charge in [-0.25, -0.2) is 0 Å². The number of amides is 2. The van der Waals surface area contributed by atoms with Crippen LogP contribution in [0.5, 0.6) is 5.75 Å². The quantitative estimate of drug-likeness (QED) is 0.818. The van der Waals surface area contributed by atoms with Crippen LogP contribution in [0.4, 0.5) is 5.69 Å². The lowest BCUT2D eigenvalue weighted by Gasteiger charge is -2.32. The Morgan fingerprint density at radius 2 is 1.57 bits per heavy atom. The highest BCUT2D eigenvalue weighted by Gasteiger charge is 2.21. The third-order valence-corrected chi connectivity index (χ3v) is 5.28. The minimum atomic E-state index is -0.442. The number of methoxy groups -OCH3 is 1. The highest BCUT2D eigenvalue weighted by Crippen LogP contribution is 2.34. The molecule has 0 spiro atoms. The molecule has 3 rings (SSSR count). The van der Waals surface area contributed by atoms with E-state index in [-0.39, 0.29) is 22.2 Å². The van der Waals surface area contributed by atoms with Crippen LogP contribution < -0.4 is 10.1 Å². The van der Waals surface area contributed by atoms with E-state index in [9.17, 15) is 9.59 Å². The third kappa shape index (κ3) is 4.41. The number of likely N-dealkylation sites (N-methyl/N-ethyl adjacent to an activating group) is 1. The fraction of sp³-hybridized carbons (Fsp3) is 0.300. The summed E-state index contributed by atoms with van der Waals surface area (Å²) in [6, 6.07) is 9.88. The Labute approximate surface area is 174 Å². The molecule has 0 bridgehead atoms. The fourth-order valence-corrected chi connectivity index (χ4v) is 3.50. The molecule has 1 aliphatic heterocycles. The van der Waals surface area contributed by atoms with Gasteiger partial charge in [-0.05, 0) is 43.4 Å². The zero-order valence-corrected chi connectivity index (χ0v) is 17.2. The smallest absolute Gasteiger partial charge is 0.261 e. The molecule has 0 aliphatic carbocycles. The number of nitrogens with one attached hydrogen (secondary N) is 1. The number of anilines is 1. The van der Waals surface area contributed by atoms with Crippen LogP contribution in [0, 0.1) is 0 Å². The monoisotopic (exact) mass is 421 g/mol. The molecule has 1 saturated heterocycles. The highest BCUT2D eigenvalue weighted by atomic mass is 35.5. The highest BCUT2D eigenvalue weighted by molar-refractivity contribution is 6.37. The van der Waals surface area contributed by atoms with Gasteiger partial charge in [0.05, 0.1) is 17.2 Å². The summed E-state index contributed by atoms with van der Waals surface area (Å²) in [5.74, 6) is -0.235. The van der Waals surface area contributed by atoms with Gasteiger partial charge in [-0.3, -0.25) is 9.59 Å². The van der Waals surface area contributed by atoms with Crippen LogP contribution in [0.1, 0.15) is 20.7 Å². The van der Waals surface area contributed by atoms with E-state index in [0.29, 0.717) is 29.4 Å². The molecule has 8 heteroatoms. The van der Waals surface area contributed by atoms with Crippen LogP contribution in [0.2, 0.25) is 10.0 Å². The summed E-state index contributed by atoms with van der Waals surface area (Å²) < 4.78 is 5.21. The largest absolute Gasteiger partial charge is 0.494 e. The van der Waals surface area contributed by atoms with Crippen molar-refractivity contribution in [2.24, 2.45) is 0 Å². The molecule has 28 heavy (non-hydrogen) atoms. The first-order valence-corrected chi connectivity index (χ1v) is 9.57. The summed E-state index contributed by atoms with van der Waals surface area (Å²) in [6.45, 7) is 3.14. The van der Waals surface area contributed by atoms with Crippen molar-refractivity contribution < 1.29 is 14.3 Å². The van der Waals surface area contributed by atoms with Crippen molar-refractivity contribution >= 4 is 40.7 Å². The van der Waals surface area contributed by atoms with Crippen LogP contribution in [-0.4, -0.2) is 62.0 Å². The van der Waals surface area contributed by atoms with Gasteiger partial charge in [0.25, 0.3) is 11.8 Å². The standard InChI is InChI=1S/C20H21Cl2N3O3/c1-24-9-11-25(12-10-24)20(27)13-3-5-14(6-4-13)23-19(26)17-15(21)7-8-16(22)18(17)28-2/h3-8H,9-12H2,1-2H3,(H,23,26). The van der Waals surface area contributed by atoms with Crippen molar-refractivity contribution in [3.8, 4) is 5.75 Å². The average Bonchev–Trinajstić information content (AvgIpc) is 2.70. The molecule has 0 radical (unpaired) electrons. The van der Waals surface area contributed by atoms with E-state index in [1.165, 1.54) is 7.11 Å². The normalized spacial score (nSPS) is 14.6. The van der Waals surface area contributed by atoms with Gasteiger partial charge in [0, 0.05) is 37.4 Å². The summed E-state index contributed by atoms with van der Waals surface area (Å²) in [4.78, 5) is 29.3. The van der Waals surface area contributed by atoms with Crippen LogP contribution in [0.3, 0.4) is 0 Å². The van der Waals surface area contributed by atoms with E-state index >= 15 is 0 Å². The second-order valence-corrected chi connectivity index (χ2v) is 7.38. The molecule has 1 fully saturated rings. The predicted molar refractivity (Wildman–Crippen MR) is 111 cm³/mol. The average molecular weight is 422 g/mol. The van der Waals surface area contributed by atoms with Crippen LogP contribution in [0.25, 0.3) is 0 Å². The maximum absolute atomic E-state index is 12.6. The van der Waals surface area contributed by atoms with E-state index in [1.54, 1.807) is 36.4 Å². The SMILES string of the molecule is COc1c(Cl)ccc(Cl)c1C(=O)Nc1ccc(C(=O)N2CCN(C)CC2)cc1. The van der Waals surface area contributed by atoms with Crippen molar-refractivity contribution in [1.29, 1.82) is 0 Å². The molecule has 1 N–H and O–H groups in total. The van der Waals surface area contributed by atoms with E-state index in [4.69, 9.17) is 27.9 Å². The van der Waals surface area contributed by atoms with Gasteiger partial charge < -0.3 is 19.9 Å². The molecule has 2 amide bonds. The number of benzene rings is 2.